The Bertz CT molecular complexity index is 209. The van der Waals surface area contributed by atoms with Crippen LogP contribution in [-0.2, 0) is 9.59 Å². The van der Waals surface area contributed by atoms with Crippen molar-refractivity contribution in [3.63, 3.8) is 0 Å². The number of carbonyl (C=O) groups is 2. The molecule has 0 spiro atoms. The van der Waals surface area contributed by atoms with Gasteiger partial charge in [0.15, 0.2) is 0 Å². The van der Waals surface area contributed by atoms with Gasteiger partial charge in [0.25, 0.3) is 0 Å². The summed E-state index contributed by atoms with van der Waals surface area (Å²) < 4.78 is 0. The second kappa shape index (κ2) is 8.59. The van der Waals surface area contributed by atoms with Crippen LogP contribution in [0.5, 0.6) is 0 Å². The highest BCUT2D eigenvalue weighted by Crippen LogP contribution is 2.02. The smallest absolute Gasteiger partial charge is 0.326 e. The number of amides is 1. The molecule has 0 aliphatic rings. The van der Waals surface area contributed by atoms with Gasteiger partial charge in [-0.05, 0) is 12.7 Å². The minimum atomic E-state index is -0.944. The van der Waals surface area contributed by atoms with E-state index >= 15 is 0 Å². The molecule has 0 aromatic carbocycles. The van der Waals surface area contributed by atoms with Gasteiger partial charge in [-0.1, -0.05) is 19.8 Å². The standard InChI is InChI=1S/C10H19NO3S/c1-3-4-5-8(10(13)14)11-9(12)6-7-15-2/h8H,3-7H2,1-2H3,(H,11,12)(H,13,14)/t8-/m0/s1. The molecule has 0 radical (unpaired) electrons. The van der Waals surface area contributed by atoms with E-state index in [-0.39, 0.29) is 5.91 Å². The van der Waals surface area contributed by atoms with E-state index in [2.05, 4.69) is 5.32 Å². The Kier molecular flexibility index (Phi) is 8.18. The zero-order chi connectivity index (χ0) is 11.7. The Hall–Kier alpha value is -0.710. The first kappa shape index (κ1) is 14.3. The molecule has 0 bridgehead atoms. The van der Waals surface area contributed by atoms with Gasteiger partial charge in [0.2, 0.25) is 5.91 Å². The van der Waals surface area contributed by atoms with Crippen molar-refractivity contribution in [2.75, 3.05) is 12.0 Å². The van der Waals surface area contributed by atoms with Crippen LogP contribution in [-0.4, -0.2) is 35.0 Å². The highest BCUT2D eigenvalue weighted by atomic mass is 32.2. The Balaban J connectivity index is 3.93. The average molecular weight is 233 g/mol. The summed E-state index contributed by atoms with van der Waals surface area (Å²) in [5.41, 5.74) is 0. The van der Waals surface area contributed by atoms with E-state index in [9.17, 15) is 9.59 Å². The SMILES string of the molecule is CCCC[C@H](NC(=O)CCSC)C(=O)O. The highest BCUT2D eigenvalue weighted by molar-refractivity contribution is 7.98. The predicted octanol–water partition coefficient (Wildman–Crippen LogP) is 1.50. The zero-order valence-electron chi connectivity index (χ0n) is 9.28. The molecule has 1 amide bonds. The van der Waals surface area contributed by atoms with E-state index in [0.29, 0.717) is 12.8 Å². The van der Waals surface area contributed by atoms with E-state index in [1.54, 1.807) is 11.8 Å². The van der Waals surface area contributed by atoms with E-state index in [1.165, 1.54) is 0 Å². The number of carboxylic acids is 1. The van der Waals surface area contributed by atoms with Gasteiger partial charge in [0, 0.05) is 12.2 Å². The maximum atomic E-state index is 11.3. The summed E-state index contributed by atoms with van der Waals surface area (Å²) in [4.78, 5) is 22.1. The Morgan fingerprint density at radius 2 is 2.13 bits per heavy atom. The first-order valence-corrected chi connectivity index (χ1v) is 6.52. The molecule has 0 heterocycles. The molecule has 88 valence electrons. The van der Waals surface area contributed by atoms with Gasteiger partial charge in [-0.3, -0.25) is 4.79 Å². The fraction of sp³-hybridized carbons (Fsp3) is 0.800. The van der Waals surface area contributed by atoms with Crippen molar-refractivity contribution in [2.45, 2.75) is 38.6 Å². The molecule has 0 saturated heterocycles. The zero-order valence-corrected chi connectivity index (χ0v) is 10.1. The monoisotopic (exact) mass is 233 g/mol. The molecule has 5 heteroatoms. The lowest BCUT2D eigenvalue weighted by molar-refractivity contribution is -0.142. The van der Waals surface area contributed by atoms with Crippen LogP contribution in [0.3, 0.4) is 0 Å². The molecule has 0 fully saturated rings. The first-order chi connectivity index (χ1) is 7.11. The Morgan fingerprint density at radius 3 is 2.60 bits per heavy atom. The minimum Gasteiger partial charge on any atom is -0.480 e. The normalized spacial score (nSPS) is 12.1. The Morgan fingerprint density at radius 1 is 1.47 bits per heavy atom. The number of thioether (sulfide) groups is 1. The van der Waals surface area contributed by atoms with E-state index < -0.39 is 12.0 Å². The number of aliphatic carboxylic acids is 1. The number of hydrogen-bond acceptors (Lipinski definition) is 3. The third kappa shape index (κ3) is 7.25. The number of nitrogens with one attached hydrogen (secondary N) is 1. The molecule has 0 saturated carbocycles. The van der Waals surface area contributed by atoms with Crippen molar-refractivity contribution >= 4 is 23.6 Å². The van der Waals surface area contributed by atoms with Gasteiger partial charge in [-0.15, -0.1) is 0 Å². The number of rotatable bonds is 8. The van der Waals surface area contributed by atoms with Crippen LogP contribution in [0.15, 0.2) is 0 Å². The topological polar surface area (TPSA) is 66.4 Å². The number of hydrogen-bond donors (Lipinski definition) is 2. The Labute approximate surface area is 94.8 Å². The lowest BCUT2D eigenvalue weighted by Crippen LogP contribution is -2.40. The summed E-state index contributed by atoms with van der Waals surface area (Å²) >= 11 is 1.58. The summed E-state index contributed by atoms with van der Waals surface area (Å²) in [6, 6.07) is -0.723. The molecule has 0 rings (SSSR count). The number of carboxylic acid groups (broad SMARTS) is 1. The molecule has 4 nitrogen and oxygen atoms in total. The van der Waals surface area contributed by atoms with Crippen molar-refractivity contribution < 1.29 is 14.7 Å². The lowest BCUT2D eigenvalue weighted by atomic mass is 10.1. The van der Waals surface area contributed by atoms with Crippen molar-refractivity contribution in [1.29, 1.82) is 0 Å². The van der Waals surface area contributed by atoms with Gasteiger partial charge in [0.1, 0.15) is 6.04 Å². The quantitative estimate of drug-likeness (QED) is 0.666. The third-order valence-electron chi connectivity index (χ3n) is 2.01. The van der Waals surface area contributed by atoms with Crippen molar-refractivity contribution in [3.8, 4) is 0 Å². The largest absolute Gasteiger partial charge is 0.480 e. The van der Waals surface area contributed by atoms with Crippen molar-refractivity contribution in [1.82, 2.24) is 5.32 Å². The van der Waals surface area contributed by atoms with E-state index in [1.807, 2.05) is 13.2 Å². The second-order valence-corrected chi connectivity index (χ2v) is 4.33. The third-order valence-corrected chi connectivity index (χ3v) is 2.63. The molecule has 0 aliphatic carbocycles. The summed E-state index contributed by atoms with van der Waals surface area (Å²) in [7, 11) is 0. The van der Waals surface area contributed by atoms with Gasteiger partial charge in [0.05, 0.1) is 0 Å². The van der Waals surface area contributed by atoms with Gasteiger partial charge < -0.3 is 10.4 Å². The summed E-state index contributed by atoms with van der Waals surface area (Å²) in [5.74, 6) is -0.389. The van der Waals surface area contributed by atoms with Crippen LogP contribution in [0, 0.1) is 0 Å². The molecule has 2 N–H and O–H groups in total. The maximum absolute atomic E-state index is 11.3. The molecule has 0 unspecified atom stereocenters. The fourth-order valence-electron chi connectivity index (χ4n) is 1.13. The summed E-state index contributed by atoms with van der Waals surface area (Å²) in [6.07, 6.45) is 4.57. The van der Waals surface area contributed by atoms with Crippen LogP contribution >= 0.6 is 11.8 Å². The molecule has 0 aliphatic heterocycles. The van der Waals surface area contributed by atoms with Crippen LogP contribution < -0.4 is 5.32 Å². The van der Waals surface area contributed by atoms with Gasteiger partial charge in [-0.2, -0.15) is 11.8 Å². The van der Waals surface area contributed by atoms with Gasteiger partial charge in [-0.25, -0.2) is 4.79 Å². The summed E-state index contributed by atoms with van der Waals surface area (Å²) in [5, 5.41) is 11.4. The molecular formula is C10H19NO3S. The average Bonchev–Trinajstić information content (AvgIpc) is 2.20. The van der Waals surface area contributed by atoms with Crippen LogP contribution in [0.1, 0.15) is 32.6 Å². The highest BCUT2D eigenvalue weighted by Gasteiger charge is 2.18. The summed E-state index contributed by atoms with van der Waals surface area (Å²) in [6.45, 7) is 1.99. The molecule has 1 atom stereocenters. The van der Waals surface area contributed by atoms with Crippen LogP contribution in [0.2, 0.25) is 0 Å². The molecular weight excluding hydrogens is 214 g/mol. The van der Waals surface area contributed by atoms with Crippen LogP contribution in [0.4, 0.5) is 0 Å². The van der Waals surface area contributed by atoms with E-state index in [0.717, 1.165) is 18.6 Å². The molecule has 15 heavy (non-hydrogen) atoms. The number of unbranched alkanes of at least 4 members (excludes halogenated alkanes) is 1. The van der Waals surface area contributed by atoms with E-state index in [4.69, 9.17) is 5.11 Å². The molecule has 0 aromatic heterocycles. The first-order valence-electron chi connectivity index (χ1n) is 5.13. The fourth-order valence-corrected chi connectivity index (χ4v) is 1.52. The lowest BCUT2D eigenvalue weighted by Gasteiger charge is -2.13. The van der Waals surface area contributed by atoms with Crippen molar-refractivity contribution in [2.24, 2.45) is 0 Å². The molecule has 0 aromatic rings. The number of carbonyl (C=O) groups excluding carboxylic acids is 1. The van der Waals surface area contributed by atoms with Gasteiger partial charge >= 0.3 is 5.97 Å². The maximum Gasteiger partial charge on any atom is 0.326 e. The second-order valence-electron chi connectivity index (χ2n) is 3.34. The minimum absolute atomic E-state index is 0.173. The predicted molar refractivity (Wildman–Crippen MR) is 62.1 cm³/mol. The van der Waals surface area contributed by atoms with Crippen molar-refractivity contribution in [3.05, 3.63) is 0 Å². The van der Waals surface area contributed by atoms with Crippen LogP contribution in [0.25, 0.3) is 0 Å².